The van der Waals surface area contributed by atoms with Gasteiger partial charge in [-0.3, -0.25) is 14.6 Å². The lowest BCUT2D eigenvalue weighted by Gasteiger charge is -2.36. The molecule has 2 saturated heterocycles. The summed E-state index contributed by atoms with van der Waals surface area (Å²) in [5.74, 6) is 0.252. The molecule has 0 aromatic rings. The largest absolute Gasteiger partial charge is 0.396 e. The highest BCUT2D eigenvalue weighted by molar-refractivity contribution is 5.78. The number of unbranched alkanes of at least 4 members (excludes halogenated alkanes) is 1. The molecule has 2 aliphatic heterocycles. The third-order valence-electron chi connectivity index (χ3n) is 4.07. The van der Waals surface area contributed by atoms with Crippen molar-refractivity contribution in [1.82, 2.24) is 14.7 Å². The third-order valence-corrected chi connectivity index (χ3v) is 4.07. The molecule has 20 heavy (non-hydrogen) atoms. The predicted molar refractivity (Wildman–Crippen MR) is 76.6 cm³/mol. The fourth-order valence-electron chi connectivity index (χ4n) is 2.72. The molecule has 0 spiro atoms. The quantitative estimate of drug-likeness (QED) is 0.650. The number of piperazine rings is 1. The van der Waals surface area contributed by atoms with Gasteiger partial charge < -0.3 is 14.7 Å². The number of morpholine rings is 1. The summed E-state index contributed by atoms with van der Waals surface area (Å²) in [6, 6.07) is 0. The SMILES string of the molecule is O=C(CN1CCOCC1)N1CCN(CCCCO)CC1. The molecule has 0 aromatic carbocycles. The van der Waals surface area contributed by atoms with Crippen LogP contribution in [-0.2, 0) is 9.53 Å². The predicted octanol–water partition coefficient (Wildman–Crippen LogP) is -0.765. The molecule has 2 heterocycles. The van der Waals surface area contributed by atoms with Crippen molar-refractivity contribution in [3.8, 4) is 0 Å². The average molecular weight is 285 g/mol. The Balaban J connectivity index is 1.63. The Morgan fingerprint density at radius 2 is 1.65 bits per heavy atom. The highest BCUT2D eigenvalue weighted by Crippen LogP contribution is 2.05. The first-order valence-corrected chi connectivity index (χ1v) is 7.70. The number of ether oxygens (including phenoxy) is 1. The van der Waals surface area contributed by atoms with Gasteiger partial charge in [0.05, 0.1) is 19.8 Å². The van der Waals surface area contributed by atoms with Crippen LogP contribution in [0.4, 0.5) is 0 Å². The Morgan fingerprint density at radius 1 is 0.950 bits per heavy atom. The van der Waals surface area contributed by atoms with Gasteiger partial charge in [0.15, 0.2) is 0 Å². The highest BCUT2D eigenvalue weighted by atomic mass is 16.5. The summed E-state index contributed by atoms with van der Waals surface area (Å²) in [7, 11) is 0. The van der Waals surface area contributed by atoms with Crippen LogP contribution in [0.5, 0.6) is 0 Å². The maximum absolute atomic E-state index is 12.2. The van der Waals surface area contributed by atoms with Gasteiger partial charge in [0.1, 0.15) is 0 Å². The van der Waals surface area contributed by atoms with Crippen molar-refractivity contribution in [2.24, 2.45) is 0 Å². The Morgan fingerprint density at radius 3 is 2.30 bits per heavy atom. The van der Waals surface area contributed by atoms with Crippen LogP contribution in [0.2, 0.25) is 0 Å². The van der Waals surface area contributed by atoms with Crippen molar-refractivity contribution in [3.63, 3.8) is 0 Å². The number of nitrogens with zero attached hydrogens (tertiary/aromatic N) is 3. The molecule has 2 rings (SSSR count). The molecule has 0 radical (unpaired) electrons. The Bertz CT molecular complexity index is 287. The van der Waals surface area contributed by atoms with Crippen LogP contribution in [0.25, 0.3) is 0 Å². The van der Waals surface area contributed by atoms with E-state index in [2.05, 4.69) is 9.80 Å². The fourth-order valence-corrected chi connectivity index (χ4v) is 2.72. The first-order valence-electron chi connectivity index (χ1n) is 7.70. The number of carbonyl (C=O) groups is 1. The van der Waals surface area contributed by atoms with Gasteiger partial charge in [-0.25, -0.2) is 0 Å². The van der Waals surface area contributed by atoms with Crippen LogP contribution in [0, 0.1) is 0 Å². The molecule has 6 heteroatoms. The van der Waals surface area contributed by atoms with Gasteiger partial charge >= 0.3 is 0 Å². The van der Waals surface area contributed by atoms with E-state index in [9.17, 15) is 4.79 Å². The molecule has 0 aromatic heterocycles. The molecular formula is C14H27N3O3. The standard InChI is InChI=1S/C14H27N3O3/c18-10-2-1-3-15-4-6-17(7-5-15)14(19)13-16-8-11-20-12-9-16/h18H,1-13H2. The van der Waals surface area contributed by atoms with E-state index in [0.717, 1.165) is 71.9 Å². The molecule has 6 nitrogen and oxygen atoms in total. The molecule has 2 aliphatic rings. The minimum absolute atomic E-state index is 0.252. The first-order chi connectivity index (χ1) is 9.79. The van der Waals surface area contributed by atoms with Crippen LogP contribution in [0.1, 0.15) is 12.8 Å². The average Bonchev–Trinajstić information content (AvgIpc) is 2.49. The molecule has 116 valence electrons. The first kappa shape index (κ1) is 15.7. The summed E-state index contributed by atoms with van der Waals surface area (Å²) in [6.45, 7) is 8.65. The van der Waals surface area contributed by atoms with E-state index in [1.165, 1.54) is 0 Å². The van der Waals surface area contributed by atoms with E-state index in [4.69, 9.17) is 9.84 Å². The number of carbonyl (C=O) groups excluding carboxylic acids is 1. The highest BCUT2D eigenvalue weighted by Gasteiger charge is 2.23. The molecule has 0 bridgehead atoms. The van der Waals surface area contributed by atoms with Crippen LogP contribution in [0.3, 0.4) is 0 Å². The van der Waals surface area contributed by atoms with Gasteiger partial charge in [0, 0.05) is 45.9 Å². The van der Waals surface area contributed by atoms with Crippen molar-refractivity contribution in [3.05, 3.63) is 0 Å². The van der Waals surface area contributed by atoms with Crippen molar-refractivity contribution < 1.29 is 14.6 Å². The molecule has 1 amide bonds. The lowest BCUT2D eigenvalue weighted by molar-refractivity contribution is -0.135. The van der Waals surface area contributed by atoms with Crippen molar-refractivity contribution >= 4 is 5.91 Å². The Labute approximate surface area is 121 Å². The van der Waals surface area contributed by atoms with Gasteiger partial charge in [-0.2, -0.15) is 0 Å². The smallest absolute Gasteiger partial charge is 0.236 e. The minimum Gasteiger partial charge on any atom is -0.396 e. The second-order valence-electron chi connectivity index (χ2n) is 5.54. The van der Waals surface area contributed by atoms with Crippen molar-refractivity contribution in [2.45, 2.75) is 12.8 Å². The molecule has 2 fully saturated rings. The van der Waals surface area contributed by atoms with Crippen molar-refractivity contribution in [2.75, 3.05) is 72.2 Å². The summed E-state index contributed by atoms with van der Waals surface area (Å²) in [5.41, 5.74) is 0. The normalized spacial score (nSPS) is 22.1. The summed E-state index contributed by atoms with van der Waals surface area (Å²) in [4.78, 5) is 18.8. The maximum atomic E-state index is 12.2. The topological polar surface area (TPSA) is 56.2 Å². The zero-order chi connectivity index (χ0) is 14.2. The summed E-state index contributed by atoms with van der Waals surface area (Å²) < 4.78 is 5.30. The second-order valence-corrected chi connectivity index (χ2v) is 5.54. The number of hydrogen-bond acceptors (Lipinski definition) is 5. The maximum Gasteiger partial charge on any atom is 0.236 e. The van der Waals surface area contributed by atoms with E-state index >= 15 is 0 Å². The van der Waals surface area contributed by atoms with E-state index in [1.807, 2.05) is 4.90 Å². The number of aliphatic hydroxyl groups excluding tert-OH is 1. The zero-order valence-electron chi connectivity index (χ0n) is 12.3. The van der Waals surface area contributed by atoms with Gasteiger partial charge in [0.2, 0.25) is 5.91 Å². The van der Waals surface area contributed by atoms with Crippen molar-refractivity contribution in [1.29, 1.82) is 0 Å². The van der Waals surface area contributed by atoms with E-state index in [0.29, 0.717) is 6.54 Å². The Hall–Kier alpha value is -0.690. The van der Waals surface area contributed by atoms with Crippen LogP contribution in [-0.4, -0.2) is 97.9 Å². The number of aliphatic hydroxyl groups is 1. The number of amides is 1. The number of rotatable bonds is 6. The molecule has 0 saturated carbocycles. The molecule has 0 atom stereocenters. The lowest BCUT2D eigenvalue weighted by Crippen LogP contribution is -2.52. The molecular weight excluding hydrogens is 258 g/mol. The summed E-state index contributed by atoms with van der Waals surface area (Å²) in [6.07, 6.45) is 1.91. The number of hydrogen-bond donors (Lipinski definition) is 1. The van der Waals surface area contributed by atoms with E-state index in [-0.39, 0.29) is 12.5 Å². The Kier molecular flexibility index (Phi) is 6.72. The van der Waals surface area contributed by atoms with Crippen LogP contribution >= 0.6 is 0 Å². The monoisotopic (exact) mass is 285 g/mol. The fraction of sp³-hybridized carbons (Fsp3) is 0.929. The molecule has 1 N–H and O–H groups in total. The van der Waals surface area contributed by atoms with E-state index in [1.54, 1.807) is 0 Å². The third kappa shape index (κ3) is 5.01. The lowest BCUT2D eigenvalue weighted by atomic mass is 10.2. The van der Waals surface area contributed by atoms with E-state index < -0.39 is 0 Å². The summed E-state index contributed by atoms with van der Waals surface area (Å²) >= 11 is 0. The minimum atomic E-state index is 0.252. The van der Waals surface area contributed by atoms with Gasteiger partial charge in [-0.1, -0.05) is 0 Å². The second kappa shape index (κ2) is 8.56. The summed E-state index contributed by atoms with van der Waals surface area (Å²) in [5, 5.41) is 8.78. The molecule has 0 unspecified atom stereocenters. The van der Waals surface area contributed by atoms with Crippen LogP contribution in [0.15, 0.2) is 0 Å². The zero-order valence-corrected chi connectivity index (χ0v) is 12.3. The van der Waals surface area contributed by atoms with Gasteiger partial charge in [0.25, 0.3) is 0 Å². The van der Waals surface area contributed by atoms with Crippen LogP contribution < -0.4 is 0 Å². The van der Waals surface area contributed by atoms with Gasteiger partial charge in [-0.15, -0.1) is 0 Å². The van der Waals surface area contributed by atoms with Gasteiger partial charge in [-0.05, 0) is 19.4 Å². The molecule has 0 aliphatic carbocycles.